The molecule has 0 N–H and O–H groups in total. The minimum absolute atomic E-state index is 0.160. The lowest BCUT2D eigenvalue weighted by molar-refractivity contribution is 0.00819. The van der Waals surface area contributed by atoms with Crippen molar-refractivity contribution in [2.24, 2.45) is 0 Å². The Morgan fingerprint density at radius 2 is 1.46 bits per heavy atom. The van der Waals surface area contributed by atoms with Crippen LogP contribution in [0, 0.1) is 0 Å². The van der Waals surface area contributed by atoms with Crippen molar-refractivity contribution in [3.05, 3.63) is 95.8 Å². The lowest BCUT2D eigenvalue weighted by Crippen LogP contribution is -2.32. The average Bonchev–Trinajstić information content (AvgIpc) is 3.55. The van der Waals surface area contributed by atoms with Crippen molar-refractivity contribution >= 4 is 10.8 Å². The molecule has 0 radical (unpaired) electrons. The monoisotopic (exact) mass is 366 g/mol. The molecule has 1 aliphatic carbocycles. The van der Waals surface area contributed by atoms with E-state index in [1.807, 2.05) is 24.5 Å². The van der Waals surface area contributed by atoms with E-state index in [1.54, 1.807) is 0 Å². The van der Waals surface area contributed by atoms with Crippen molar-refractivity contribution in [3.63, 3.8) is 0 Å². The predicted octanol–water partition coefficient (Wildman–Crippen LogP) is 4.32. The largest absolute Gasteiger partial charge is 0.371 e. The van der Waals surface area contributed by atoms with E-state index < -0.39 is 5.60 Å². The Morgan fingerprint density at radius 3 is 2.18 bits per heavy atom. The summed E-state index contributed by atoms with van der Waals surface area (Å²) in [6.45, 7) is 1.29. The molecule has 2 aromatic carbocycles. The number of aromatic nitrogens is 2. The van der Waals surface area contributed by atoms with Crippen LogP contribution in [0.4, 0.5) is 0 Å². The quantitative estimate of drug-likeness (QED) is 0.505. The normalized spacial score (nSPS) is 18.6. The molecule has 0 saturated carbocycles. The molecule has 2 aromatic heterocycles. The number of hydrogen-bond acceptors (Lipinski definition) is 4. The molecule has 1 unspecified atom stereocenters. The maximum Gasteiger partial charge on any atom is 0.148 e. The first-order chi connectivity index (χ1) is 13.9. The summed E-state index contributed by atoms with van der Waals surface area (Å²) >= 11 is 0. The third-order valence-corrected chi connectivity index (χ3v) is 5.66. The Hall–Kier alpha value is -3.08. The van der Waals surface area contributed by atoms with E-state index in [0.717, 1.165) is 34.7 Å². The first kappa shape index (κ1) is 15.9. The van der Waals surface area contributed by atoms with Gasteiger partial charge in [-0.25, -0.2) is 0 Å². The smallest absolute Gasteiger partial charge is 0.148 e. The Labute approximate surface area is 162 Å². The zero-order valence-corrected chi connectivity index (χ0v) is 15.2. The second kappa shape index (κ2) is 5.96. The van der Waals surface area contributed by atoms with E-state index in [4.69, 9.17) is 9.47 Å². The van der Waals surface area contributed by atoms with Crippen LogP contribution in [0.25, 0.3) is 22.2 Å². The second-order valence-corrected chi connectivity index (χ2v) is 7.27. The van der Waals surface area contributed by atoms with Gasteiger partial charge in [0.25, 0.3) is 0 Å². The van der Waals surface area contributed by atoms with E-state index in [9.17, 15) is 0 Å². The van der Waals surface area contributed by atoms with Gasteiger partial charge in [0, 0.05) is 29.1 Å². The molecule has 0 bridgehead atoms. The lowest BCUT2D eigenvalue weighted by atomic mass is 9.82. The zero-order valence-electron chi connectivity index (χ0n) is 15.2. The number of nitrogens with zero attached hydrogens (tertiary/aromatic N) is 2. The molecule has 1 aliphatic heterocycles. The van der Waals surface area contributed by atoms with Crippen molar-refractivity contribution in [2.75, 3.05) is 13.2 Å². The van der Waals surface area contributed by atoms with Crippen LogP contribution in [-0.4, -0.2) is 29.3 Å². The fourth-order valence-corrected chi connectivity index (χ4v) is 4.34. The summed E-state index contributed by atoms with van der Waals surface area (Å²) in [7, 11) is 0. The Balaban J connectivity index is 1.70. The minimum Gasteiger partial charge on any atom is -0.371 e. The third-order valence-electron chi connectivity index (χ3n) is 5.66. The van der Waals surface area contributed by atoms with Gasteiger partial charge >= 0.3 is 0 Å². The van der Waals surface area contributed by atoms with Crippen LogP contribution in [-0.2, 0) is 15.1 Å². The van der Waals surface area contributed by atoms with Gasteiger partial charge in [-0.05, 0) is 22.9 Å². The molecule has 2 aliphatic rings. The molecule has 1 fully saturated rings. The molecule has 4 aromatic rings. The molecule has 4 heteroatoms. The standard InChI is InChI=1S/C24H18N2O2/c1-2-8-18-16(6-1)7-3-9-19(18)24(28-15-17-14-27-17)20-10-4-12-25-22(20)23-21(24)11-5-13-26-23/h1-13,17H,14-15H2. The number of fused-ring (bicyclic) bond motifs is 4. The molecule has 0 spiro atoms. The number of ether oxygens (including phenoxy) is 2. The van der Waals surface area contributed by atoms with Crippen LogP contribution in [0.2, 0.25) is 0 Å². The van der Waals surface area contributed by atoms with Gasteiger partial charge in [-0.3, -0.25) is 9.97 Å². The molecule has 1 saturated heterocycles. The summed E-state index contributed by atoms with van der Waals surface area (Å²) < 4.78 is 12.2. The van der Waals surface area contributed by atoms with Gasteiger partial charge < -0.3 is 9.47 Å². The highest BCUT2D eigenvalue weighted by atomic mass is 16.6. The van der Waals surface area contributed by atoms with Gasteiger partial charge in [-0.15, -0.1) is 0 Å². The molecule has 0 amide bonds. The van der Waals surface area contributed by atoms with Gasteiger partial charge in [0.1, 0.15) is 11.7 Å². The number of epoxide rings is 1. The van der Waals surface area contributed by atoms with Gasteiger partial charge in [0.15, 0.2) is 0 Å². The average molecular weight is 366 g/mol. The van der Waals surface area contributed by atoms with E-state index in [1.165, 1.54) is 10.8 Å². The molecule has 6 rings (SSSR count). The summed E-state index contributed by atoms with van der Waals surface area (Å²) in [5, 5.41) is 2.36. The van der Waals surface area contributed by atoms with Crippen molar-refractivity contribution < 1.29 is 9.47 Å². The van der Waals surface area contributed by atoms with E-state index in [-0.39, 0.29) is 6.10 Å². The SMILES string of the molecule is c1cnc2c(c1)C(OCC1CO1)(c1cccc3ccccc13)c1cccnc1-2. The zero-order chi connectivity index (χ0) is 18.6. The number of rotatable bonds is 4. The summed E-state index contributed by atoms with van der Waals surface area (Å²) in [5.41, 5.74) is 4.24. The van der Waals surface area contributed by atoms with Crippen LogP contribution in [0.3, 0.4) is 0 Å². The number of pyridine rings is 2. The third kappa shape index (κ3) is 2.19. The van der Waals surface area contributed by atoms with E-state index in [0.29, 0.717) is 6.61 Å². The first-order valence-electron chi connectivity index (χ1n) is 9.53. The number of benzene rings is 2. The highest BCUT2D eigenvalue weighted by Gasteiger charge is 2.49. The van der Waals surface area contributed by atoms with E-state index >= 15 is 0 Å². The Morgan fingerprint density at radius 1 is 0.821 bits per heavy atom. The number of hydrogen-bond donors (Lipinski definition) is 0. The van der Waals surface area contributed by atoms with Gasteiger partial charge in [0.2, 0.25) is 0 Å². The van der Waals surface area contributed by atoms with Gasteiger partial charge in [-0.2, -0.15) is 0 Å². The second-order valence-electron chi connectivity index (χ2n) is 7.27. The summed E-state index contributed by atoms with van der Waals surface area (Å²) in [5.74, 6) is 0. The van der Waals surface area contributed by atoms with Crippen molar-refractivity contribution in [1.29, 1.82) is 0 Å². The van der Waals surface area contributed by atoms with Gasteiger partial charge in [-0.1, -0.05) is 54.6 Å². The topological polar surface area (TPSA) is 47.5 Å². The molecule has 136 valence electrons. The highest BCUT2D eigenvalue weighted by molar-refractivity contribution is 5.90. The highest BCUT2D eigenvalue weighted by Crippen LogP contribution is 2.53. The van der Waals surface area contributed by atoms with Gasteiger partial charge in [0.05, 0.1) is 24.6 Å². The van der Waals surface area contributed by atoms with Crippen LogP contribution in [0.15, 0.2) is 79.1 Å². The lowest BCUT2D eigenvalue weighted by Gasteiger charge is -2.33. The summed E-state index contributed by atoms with van der Waals surface area (Å²) in [6.07, 6.45) is 3.80. The predicted molar refractivity (Wildman–Crippen MR) is 107 cm³/mol. The van der Waals surface area contributed by atoms with Crippen molar-refractivity contribution in [2.45, 2.75) is 11.7 Å². The fraction of sp³-hybridized carbons (Fsp3) is 0.167. The minimum atomic E-state index is -0.750. The molecule has 1 atom stereocenters. The summed E-state index contributed by atoms with van der Waals surface area (Å²) in [6, 6.07) is 23.0. The Kier molecular flexibility index (Phi) is 3.39. The van der Waals surface area contributed by atoms with Crippen LogP contribution in [0.1, 0.15) is 16.7 Å². The fourth-order valence-electron chi connectivity index (χ4n) is 4.34. The van der Waals surface area contributed by atoms with E-state index in [2.05, 4.69) is 64.6 Å². The van der Waals surface area contributed by atoms with Crippen LogP contribution >= 0.6 is 0 Å². The van der Waals surface area contributed by atoms with Crippen molar-refractivity contribution in [3.8, 4) is 11.4 Å². The molecular weight excluding hydrogens is 348 g/mol. The molecule has 4 nitrogen and oxygen atoms in total. The molecule has 3 heterocycles. The molecule has 28 heavy (non-hydrogen) atoms. The van der Waals surface area contributed by atoms with Crippen LogP contribution in [0.5, 0.6) is 0 Å². The maximum atomic E-state index is 6.76. The van der Waals surface area contributed by atoms with Crippen LogP contribution < -0.4 is 0 Å². The molecular formula is C24H18N2O2. The maximum absolute atomic E-state index is 6.76. The summed E-state index contributed by atoms with van der Waals surface area (Å²) in [4.78, 5) is 9.34. The van der Waals surface area contributed by atoms with Crippen molar-refractivity contribution in [1.82, 2.24) is 9.97 Å². The first-order valence-corrected chi connectivity index (χ1v) is 9.53. The Bertz CT molecular complexity index is 1150.